The second kappa shape index (κ2) is 6.16. The molecule has 0 bridgehead atoms. The number of benzene rings is 1. The predicted molar refractivity (Wildman–Crippen MR) is 70.8 cm³/mol. The first kappa shape index (κ1) is 14.2. The number of carbonyl (C=O) groups is 2. The van der Waals surface area contributed by atoms with Gasteiger partial charge >= 0.3 is 5.97 Å². The van der Waals surface area contributed by atoms with E-state index < -0.39 is 12.0 Å². The van der Waals surface area contributed by atoms with Gasteiger partial charge in [0, 0.05) is 22.3 Å². The molecule has 0 aliphatic carbocycles. The minimum atomic E-state index is -1.04. The Bertz CT molecular complexity index is 448. The maximum absolute atomic E-state index is 11.0. The van der Waals surface area contributed by atoms with Gasteiger partial charge in [0.15, 0.2) is 0 Å². The molecule has 6 heteroatoms. The summed E-state index contributed by atoms with van der Waals surface area (Å²) in [5, 5.41) is 11.4. The van der Waals surface area contributed by atoms with Crippen LogP contribution in [-0.2, 0) is 16.0 Å². The molecule has 0 aliphatic heterocycles. The van der Waals surface area contributed by atoms with Crippen LogP contribution < -0.4 is 5.32 Å². The number of carbonyl (C=O) groups excluding carboxylic acids is 1. The Morgan fingerprint density at radius 3 is 2.47 bits per heavy atom. The number of rotatable bonds is 4. The van der Waals surface area contributed by atoms with E-state index >= 15 is 0 Å². The first-order valence-corrected chi connectivity index (χ1v) is 6.42. The van der Waals surface area contributed by atoms with E-state index in [-0.39, 0.29) is 12.3 Å². The molecular formula is C11H11Br2NO3. The molecule has 4 nitrogen and oxygen atoms in total. The molecule has 17 heavy (non-hydrogen) atoms. The van der Waals surface area contributed by atoms with E-state index in [4.69, 9.17) is 5.11 Å². The number of halogens is 2. The van der Waals surface area contributed by atoms with Crippen molar-refractivity contribution in [3.8, 4) is 0 Å². The van der Waals surface area contributed by atoms with Crippen LogP contribution in [0.15, 0.2) is 27.1 Å². The quantitative estimate of drug-likeness (QED) is 0.861. The number of carboxylic acids is 1. The zero-order chi connectivity index (χ0) is 13.0. The van der Waals surface area contributed by atoms with E-state index in [1.807, 2.05) is 18.2 Å². The van der Waals surface area contributed by atoms with Crippen molar-refractivity contribution in [1.29, 1.82) is 0 Å². The summed E-state index contributed by atoms with van der Waals surface area (Å²) in [4.78, 5) is 21.8. The fraction of sp³-hybridized carbons (Fsp3) is 0.273. The van der Waals surface area contributed by atoms with Gasteiger partial charge in [0.05, 0.1) is 0 Å². The minimum Gasteiger partial charge on any atom is -0.480 e. The smallest absolute Gasteiger partial charge is 0.326 e. The van der Waals surface area contributed by atoms with Crippen molar-refractivity contribution >= 4 is 43.7 Å². The zero-order valence-corrected chi connectivity index (χ0v) is 12.2. The average molecular weight is 365 g/mol. The van der Waals surface area contributed by atoms with Crippen LogP contribution in [0.3, 0.4) is 0 Å². The summed E-state index contributed by atoms with van der Waals surface area (Å²) in [6.07, 6.45) is 0.251. The lowest BCUT2D eigenvalue weighted by molar-refractivity contribution is -0.141. The highest BCUT2D eigenvalue weighted by molar-refractivity contribution is 9.13. The molecule has 0 saturated carbocycles. The maximum atomic E-state index is 11.0. The van der Waals surface area contributed by atoms with Gasteiger partial charge in [-0.1, -0.05) is 6.07 Å². The minimum absolute atomic E-state index is 0.251. The number of aliphatic carboxylic acids is 1. The second-order valence-electron chi connectivity index (χ2n) is 3.54. The largest absolute Gasteiger partial charge is 0.480 e. The molecular weight excluding hydrogens is 354 g/mol. The van der Waals surface area contributed by atoms with E-state index in [1.165, 1.54) is 6.92 Å². The summed E-state index contributed by atoms with van der Waals surface area (Å²) in [6.45, 7) is 1.30. The van der Waals surface area contributed by atoms with Crippen molar-refractivity contribution < 1.29 is 14.7 Å². The summed E-state index contributed by atoms with van der Waals surface area (Å²) in [5.74, 6) is -1.40. The van der Waals surface area contributed by atoms with Gasteiger partial charge in [-0.15, -0.1) is 0 Å². The molecule has 0 aliphatic rings. The molecule has 0 radical (unpaired) electrons. The van der Waals surface area contributed by atoms with Gasteiger partial charge in [0.1, 0.15) is 6.04 Å². The normalized spacial score (nSPS) is 11.9. The molecule has 0 heterocycles. The topological polar surface area (TPSA) is 66.4 Å². The molecule has 0 aromatic heterocycles. The molecule has 1 aromatic rings. The molecule has 2 N–H and O–H groups in total. The number of carboxylic acid groups (broad SMARTS) is 1. The van der Waals surface area contributed by atoms with Gasteiger partial charge in [-0.25, -0.2) is 4.79 Å². The summed E-state index contributed by atoms with van der Waals surface area (Å²) >= 11 is 6.67. The first-order valence-electron chi connectivity index (χ1n) is 4.84. The third-order valence-electron chi connectivity index (χ3n) is 2.10. The fourth-order valence-corrected chi connectivity index (χ4v) is 2.02. The van der Waals surface area contributed by atoms with Crippen LogP contribution in [0.4, 0.5) is 0 Å². The highest BCUT2D eigenvalue weighted by Crippen LogP contribution is 2.24. The Hall–Kier alpha value is -0.880. The van der Waals surface area contributed by atoms with Crippen LogP contribution in [0.1, 0.15) is 12.5 Å². The van der Waals surface area contributed by atoms with Gasteiger partial charge in [0.2, 0.25) is 5.91 Å². The highest BCUT2D eigenvalue weighted by Gasteiger charge is 2.18. The van der Waals surface area contributed by atoms with Crippen LogP contribution >= 0.6 is 31.9 Å². The number of amides is 1. The molecule has 1 amide bonds. The van der Waals surface area contributed by atoms with Crippen molar-refractivity contribution in [3.63, 3.8) is 0 Å². The third-order valence-corrected chi connectivity index (χ3v) is 3.98. The van der Waals surface area contributed by atoms with Gasteiger partial charge < -0.3 is 10.4 Å². The van der Waals surface area contributed by atoms with Crippen molar-refractivity contribution in [2.45, 2.75) is 19.4 Å². The van der Waals surface area contributed by atoms with Crippen molar-refractivity contribution in [1.82, 2.24) is 5.32 Å². The zero-order valence-electron chi connectivity index (χ0n) is 9.04. The van der Waals surface area contributed by atoms with Crippen LogP contribution in [0.2, 0.25) is 0 Å². The SMILES string of the molecule is CC(=O)NC(Cc1ccc(Br)c(Br)c1)C(=O)O. The fourth-order valence-electron chi connectivity index (χ4n) is 1.35. The van der Waals surface area contributed by atoms with Gasteiger partial charge in [-0.2, -0.15) is 0 Å². The summed E-state index contributed by atoms with van der Waals surface area (Å²) in [7, 11) is 0. The van der Waals surface area contributed by atoms with Crippen LogP contribution in [0.25, 0.3) is 0 Å². The Morgan fingerprint density at radius 1 is 1.35 bits per heavy atom. The molecule has 0 fully saturated rings. The monoisotopic (exact) mass is 363 g/mol. The van der Waals surface area contributed by atoms with E-state index in [2.05, 4.69) is 37.2 Å². The molecule has 0 saturated heterocycles. The van der Waals surface area contributed by atoms with E-state index in [9.17, 15) is 9.59 Å². The molecule has 1 rings (SSSR count). The first-order chi connectivity index (χ1) is 7.90. The lowest BCUT2D eigenvalue weighted by Gasteiger charge is -2.13. The van der Waals surface area contributed by atoms with Crippen molar-refractivity contribution in [2.75, 3.05) is 0 Å². The summed E-state index contributed by atoms with van der Waals surface area (Å²) < 4.78 is 1.75. The Labute approximate surface area is 116 Å². The molecule has 1 unspecified atom stereocenters. The van der Waals surface area contributed by atoms with Gasteiger partial charge in [0.25, 0.3) is 0 Å². The number of hydrogen-bond acceptors (Lipinski definition) is 2. The van der Waals surface area contributed by atoms with Crippen molar-refractivity contribution in [3.05, 3.63) is 32.7 Å². The van der Waals surface area contributed by atoms with Crippen LogP contribution in [0.5, 0.6) is 0 Å². The number of hydrogen-bond donors (Lipinski definition) is 2. The van der Waals surface area contributed by atoms with E-state index in [0.29, 0.717) is 0 Å². The lowest BCUT2D eigenvalue weighted by atomic mass is 10.1. The molecule has 92 valence electrons. The van der Waals surface area contributed by atoms with Crippen molar-refractivity contribution in [2.24, 2.45) is 0 Å². The second-order valence-corrected chi connectivity index (χ2v) is 5.25. The molecule has 1 aromatic carbocycles. The van der Waals surface area contributed by atoms with E-state index in [1.54, 1.807) is 0 Å². The van der Waals surface area contributed by atoms with Gasteiger partial charge in [-0.05, 0) is 49.6 Å². The van der Waals surface area contributed by atoms with Crippen LogP contribution in [-0.4, -0.2) is 23.0 Å². The third kappa shape index (κ3) is 4.47. The summed E-state index contributed by atoms with van der Waals surface area (Å²) in [6, 6.07) is 4.56. The van der Waals surface area contributed by atoms with E-state index in [0.717, 1.165) is 14.5 Å². The highest BCUT2D eigenvalue weighted by atomic mass is 79.9. The lowest BCUT2D eigenvalue weighted by Crippen LogP contribution is -2.41. The Morgan fingerprint density at radius 2 is 2.00 bits per heavy atom. The standard InChI is InChI=1S/C11H11Br2NO3/c1-6(15)14-10(11(16)17)5-7-2-3-8(12)9(13)4-7/h2-4,10H,5H2,1H3,(H,14,15)(H,16,17). The summed E-state index contributed by atoms with van der Waals surface area (Å²) in [5.41, 5.74) is 0.834. The maximum Gasteiger partial charge on any atom is 0.326 e. The number of nitrogens with one attached hydrogen (secondary N) is 1. The Balaban J connectivity index is 2.82. The average Bonchev–Trinajstić information content (AvgIpc) is 2.21. The molecule has 0 spiro atoms. The van der Waals surface area contributed by atoms with Gasteiger partial charge in [-0.3, -0.25) is 4.79 Å². The van der Waals surface area contributed by atoms with Crippen LogP contribution in [0, 0.1) is 0 Å². The Kier molecular flexibility index (Phi) is 5.14. The molecule has 1 atom stereocenters. The predicted octanol–water partition coefficient (Wildman–Crippen LogP) is 2.34.